The minimum atomic E-state index is -3.40. The standard InChI is InChI=1S/C15H14Cl2N2O3S/c1-2-23(21,22)19-12-5-3-4-10(8-12)15(20)18-11-6-7-13(16)14(17)9-11/h3-9,19H,2H2,1H3,(H,18,20). The Morgan fingerprint density at radius 2 is 1.78 bits per heavy atom. The van der Waals surface area contributed by atoms with Gasteiger partial charge in [0.2, 0.25) is 10.0 Å². The number of benzene rings is 2. The normalized spacial score (nSPS) is 11.1. The van der Waals surface area contributed by atoms with Crippen molar-refractivity contribution < 1.29 is 13.2 Å². The largest absolute Gasteiger partial charge is 0.322 e. The van der Waals surface area contributed by atoms with Crippen molar-refractivity contribution in [3.63, 3.8) is 0 Å². The number of nitrogens with one attached hydrogen (secondary N) is 2. The fourth-order valence-corrected chi connectivity index (χ4v) is 2.68. The first-order chi connectivity index (χ1) is 10.8. The lowest BCUT2D eigenvalue weighted by atomic mass is 10.2. The van der Waals surface area contributed by atoms with Crippen molar-refractivity contribution in [2.75, 3.05) is 15.8 Å². The molecule has 0 bridgehead atoms. The lowest BCUT2D eigenvalue weighted by Gasteiger charge is -2.09. The molecule has 0 aliphatic carbocycles. The number of rotatable bonds is 5. The van der Waals surface area contributed by atoms with E-state index in [9.17, 15) is 13.2 Å². The predicted octanol–water partition coefficient (Wildman–Crippen LogP) is 4.01. The molecule has 0 radical (unpaired) electrons. The summed E-state index contributed by atoms with van der Waals surface area (Å²) in [6.07, 6.45) is 0. The van der Waals surface area contributed by atoms with Crippen LogP contribution in [0.15, 0.2) is 42.5 Å². The van der Waals surface area contributed by atoms with E-state index in [-0.39, 0.29) is 11.7 Å². The molecule has 0 unspecified atom stereocenters. The highest BCUT2D eigenvalue weighted by atomic mass is 35.5. The SMILES string of the molecule is CCS(=O)(=O)Nc1cccc(C(=O)Nc2ccc(Cl)c(Cl)c2)c1. The Hall–Kier alpha value is -1.76. The van der Waals surface area contributed by atoms with Gasteiger partial charge in [0.05, 0.1) is 15.8 Å². The number of hydrogen-bond acceptors (Lipinski definition) is 3. The van der Waals surface area contributed by atoms with Gasteiger partial charge in [-0.1, -0.05) is 29.3 Å². The molecule has 0 atom stereocenters. The average Bonchev–Trinajstić information content (AvgIpc) is 2.51. The van der Waals surface area contributed by atoms with E-state index in [1.165, 1.54) is 19.1 Å². The van der Waals surface area contributed by atoms with Crippen LogP contribution in [-0.2, 0) is 10.0 Å². The number of carbonyl (C=O) groups excluding carboxylic acids is 1. The monoisotopic (exact) mass is 372 g/mol. The molecule has 5 nitrogen and oxygen atoms in total. The molecule has 0 heterocycles. The fraction of sp³-hybridized carbons (Fsp3) is 0.133. The first-order valence-corrected chi connectivity index (χ1v) is 9.08. The summed E-state index contributed by atoms with van der Waals surface area (Å²) >= 11 is 11.7. The van der Waals surface area contributed by atoms with Gasteiger partial charge in [-0.25, -0.2) is 8.42 Å². The summed E-state index contributed by atoms with van der Waals surface area (Å²) in [5, 5.41) is 3.39. The molecule has 0 fully saturated rings. The van der Waals surface area contributed by atoms with Crippen molar-refractivity contribution in [3.05, 3.63) is 58.1 Å². The van der Waals surface area contributed by atoms with Crippen LogP contribution in [0, 0.1) is 0 Å². The highest BCUT2D eigenvalue weighted by molar-refractivity contribution is 7.92. The van der Waals surface area contributed by atoms with Crippen molar-refractivity contribution in [1.82, 2.24) is 0 Å². The lowest BCUT2D eigenvalue weighted by Crippen LogP contribution is -2.16. The number of sulfonamides is 1. The second-order valence-electron chi connectivity index (χ2n) is 4.67. The van der Waals surface area contributed by atoms with Crippen molar-refractivity contribution in [3.8, 4) is 0 Å². The number of halogens is 2. The third kappa shape index (κ3) is 4.86. The lowest BCUT2D eigenvalue weighted by molar-refractivity contribution is 0.102. The maximum Gasteiger partial charge on any atom is 0.255 e. The number of carbonyl (C=O) groups is 1. The van der Waals surface area contributed by atoms with E-state index in [0.717, 1.165) is 0 Å². The zero-order valence-corrected chi connectivity index (χ0v) is 14.5. The molecule has 2 aromatic carbocycles. The zero-order chi connectivity index (χ0) is 17.0. The molecule has 0 spiro atoms. The smallest absolute Gasteiger partial charge is 0.255 e. The summed E-state index contributed by atoms with van der Waals surface area (Å²) in [6, 6.07) is 10.9. The molecule has 8 heteroatoms. The molecular weight excluding hydrogens is 359 g/mol. The summed E-state index contributed by atoms with van der Waals surface area (Å²) < 4.78 is 25.5. The molecular formula is C15H14Cl2N2O3S. The molecule has 23 heavy (non-hydrogen) atoms. The highest BCUT2D eigenvalue weighted by Gasteiger charge is 2.11. The Kier molecular flexibility index (Phi) is 5.51. The Balaban J connectivity index is 2.18. The molecule has 122 valence electrons. The van der Waals surface area contributed by atoms with Gasteiger partial charge in [0.15, 0.2) is 0 Å². The third-order valence-corrected chi connectivity index (χ3v) is 5.00. The van der Waals surface area contributed by atoms with Gasteiger partial charge in [0.25, 0.3) is 5.91 Å². The molecule has 0 aliphatic rings. The number of amides is 1. The summed E-state index contributed by atoms with van der Waals surface area (Å²) in [7, 11) is -3.40. The van der Waals surface area contributed by atoms with Crippen LogP contribution in [-0.4, -0.2) is 20.1 Å². The number of anilines is 2. The van der Waals surface area contributed by atoms with E-state index >= 15 is 0 Å². The quantitative estimate of drug-likeness (QED) is 0.832. The molecule has 2 aromatic rings. The van der Waals surface area contributed by atoms with Crippen LogP contribution < -0.4 is 10.0 Å². The van der Waals surface area contributed by atoms with E-state index in [2.05, 4.69) is 10.0 Å². The first-order valence-electron chi connectivity index (χ1n) is 6.67. The van der Waals surface area contributed by atoms with E-state index in [4.69, 9.17) is 23.2 Å². The van der Waals surface area contributed by atoms with Crippen LogP contribution in [0.5, 0.6) is 0 Å². The average molecular weight is 373 g/mol. The van der Waals surface area contributed by atoms with Gasteiger partial charge in [0, 0.05) is 16.9 Å². The van der Waals surface area contributed by atoms with Gasteiger partial charge in [-0.15, -0.1) is 0 Å². The van der Waals surface area contributed by atoms with Crippen molar-refractivity contribution in [2.24, 2.45) is 0 Å². The Bertz CT molecular complexity index is 838. The Labute approximate surface area is 144 Å². The Morgan fingerprint density at radius 1 is 1.04 bits per heavy atom. The van der Waals surface area contributed by atoms with Crippen LogP contribution in [0.2, 0.25) is 10.0 Å². The molecule has 0 aliphatic heterocycles. The molecule has 1 amide bonds. The van der Waals surface area contributed by atoms with Crippen molar-refractivity contribution >= 4 is 50.5 Å². The minimum absolute atomic E-state index is 0.0489. The first kappa shape index (κ1) is 17.6. The summed E-state index contributed by atoms with van der Waals surface area (Å²) in [4.78, 5) is 12.2. The van der Waals surface area contributed by atoms with Gasteiger partial charge in [-0.3, -0.25) is 9.52 Å². The summed E-state index contributed by atoms with van der Waals surface area (Å²) in [5.41, 5.74) is 1.13. The Morgan fingerprint density at radius 3 is 2.43 bits per heavy atom. The van der Waals surface area contributed by atoms with Crippen molar-refractivity contribution in [2.45, 2.75) is 6.92 Å². The third-order valence-electron chi connectivity index (χ3n) is 2.96. The van der Waals surface area contributed by atoms with E-state index in [1.807, 2.05) is 0 Å². The fourth-order valence-electron chi connectivity index (χ4n) is 1.75. The molecule has 0 saturated heterocycles. The highest BCUT2D eigenvalue weighted by Crippen LogP contribution is 2.25. The second-order valence-corrected chi connectivity index (χ2v) is 7.49. The van der Waals surface area contributed by atoms with Crippen LogP contribution in [0.25, 0.3) is 0 Å². The number of hydrogen-bond donors (Lipinski definition) is 2. The van der Waals surface area contributed by atoms with Gasteiger partial charge < -0.3 is 5.32 Å². The predicted molar refractivity (Wildman–Crippen MR) is 93.9 cm³/mol. The van der Waals surface area contributed by atoms with Gasteiger partial charge >= 0.3 is 0 Å². The second kappa shape index (κ2) is 7.21. The molecule has 0 aromatic heterocycles. The summed E-state index contributed by atoms with van der Waals surface area (Å²) in [5.74, 6) is -0.437. The topological polar surface area (TPSA) is 75.3 Å². The van der Waals surface area contributed by atoms with E-state index < -0.39 is 10.0 Å². The van der Waals surface area contributed by atoms with Crippen LogP contribution in [0.3, 0.4) is 0 Å². The zero-order valence-electron chi connectivity index (χ0n) is 12.1. The van der Waals surface area contributed by atoms with E-state index in [1.54, 1.807) is 30.3 Å². The van der Waals surface area contributed by atoms with Crippen LogP contribution in [0.1, 0.15) is 17.3 Å². The summed E-state index contributed by atoms with van der Waals surface area (Å²) in [6.45, 7) is 1.53. The molecule has 0 saturated carbocycles. The van der Waals surface area contributed by atoms with Gasteiger partial charge in [-0.2, -0.15) is 0 Å². The molecule has 2 N–H and O–H groups in total. The maximum atomic E-state index is 12.2. The van der Waals surface area contributed by atoms with Crippen LogP contribution >= 0.6 is 23.2 Å². The van der Waals surface area contributed by atoms with E-state index in [0.29, 0.717) is 27.0 Å². The van der Waals surface area contributed by atoms with Crippen molar-refractivity contribution in [1.29, 1.82) is 0 Å². The van der Waals surface area contributed by atoms with Gasteiger partial charge in [-0.05, 0) is 43.3 Å². The minimum Gasteiger partial charge on any atom is -0.322 e. The molecule has 2 rings (SSSR count). The maximum absolute atomic E-state index is 12.2. The van der Waals surface area contributed by atoms with Crippen LogP contribution in [0.4, 0.5) is 11.4 Å². The van der Waals surface area contributed by atoms with Gasteiger partial charge in [0.1, 0.15) is 0 Å².